The molecule has 4 heteroatoms. The maximum Gasteiger partial charge on any atom is 0.260 e. The summed E-state index contributed by atoms with van der Waals surface area (Å²) in [6.07, 6.45) is 0.719. The van der Waals surface area contributed by atoms with Gasteiger partial charge in [0.15, 0.2) is 0 Å². The summed E-state index contributed by atoms with van der Waals surface area (Å²) >= 11 is 0. The number of hydrogen-bond donors (Lipinski definition) is 0. The van der Waals surface area contributed by atoms with E-state index >= 15 is 0 Å². The predicted octanol–water partition coefficient (Wildman–Crippen LogP) is 1.81. The minimum atomic E-state index is -2.45. The van der Waals surface area contributed by atoms with Crippen LogP contribution in [0.25, 0.3) is 0 Å². The molecule has 0 aromatic heterocycles. The van der Waals surface area contributed by atoms with Crippen molar-refractivity contribution in [2.45, 2.75) is 44.7 Å². The maximum atomic E-state index is 13.2. The lowest BCUT2D eigenvalue weighted by atomic mass is 9.96. The number of fused-ring (bicyclic) bond motifs is 1. The van der Waals surface area contributed by atoms with Crippen LogP contribution in [-0.2, 0) is 0 Å². The molecule has 0 radical (unpaired) electrons. The van der Waals surface area contributed by atoms with Gasteiger partial charge in [0.1, 0.15) is 0 Å². The first-order chi connectivity index (χ1) is 6.98. The molecule has 88 valence electrons. The third-order valence-corrected chi connectivity index (χ3v) is 3.64. The van der Waals surface area contributed by atoms with Gasteiger partial charge in [-0.05, 0) is 20.3 Å². The molecule has 0 unspecified atom stereocenters. The Hall–Kier alpha value is -0.220. The minimum absolute atomic E-state index is 0.0242. The number of hydrogen-bond acceptors (Lipinski definition) is 2. The molecule has 0 spiro atoms. The largest absolute Gasteiger partial charge is 0.298 e. The van der Waals surface area contributed by atoms with E-state index in [1.165, 1.54) is 0 Å². The van der Waals surface area contributed by atoms with Crippen molar-refractivity contribution in [2.75, 3.05) is 26.2 Å². The van der Waals surface area contributed by atoms with E-state index in [1.54, 1.807) is 0 Å². The fraction of sp³-hybridized carbons (Fsp3) is 1.00. The molecule has 2 aliphatic rings. The molecule has 0 aliphatic carbocycles. The summed E-state index contributed by atoms with van der Waals surface area (Å²) in [5.74, 6) is -2.45. The number of piperidine rings is 1. The van der Waals surface area contributed by atoms with Crippen LogP contribution in [0.4, 0.5) is 8.78 Å². The maximum absolute atomic E-state index is 13.2. The Balaban J connectivity index is 1.95. The second kappa shape index (κ2) is 3.98. The molecule has 0 aromatic carbocycles. The van der Waals surface area contributed by atoms with Gasteiger partial charge in [-0.2, -0.15) is 0 Å². The van der Waals surface area contributed by atoms with Crippen molar-refractivity contribution >= 4 is 0 Å². The predicted molar refractivity (Wildman–Crippen MR) is 56.3 cm³/mol. The molecule has 2 saturated heterocycles. The monoisotopic (exact) mass is 218 g/mol. The topological polar surface area (TPSA) is 6.48 Å². The lowest BCUT2D eigenvalue weighted by molar-refractivity contribution is -0.101. The van der Waals surface area contributed by atoms with E-state index < -0.39 is 5.92 Å². The summed E-state index contributed by atoms with van der Waals surface area (Å²) < 4.78 is 26.4. The van der Waals surface area contributed by atoms with Crippen molar-refractivity contribution in [1.82, 2.24) is 9.80 Å². The van der Waals surface area contributed by atoms with Crippen LogP contribution >= 0.6 is 0 Å². The van der Waals surface area contributed by atoms with Crippen LogP contribution in [0.3, 0.4) is 0 Å². The van der Waals surface area contributed by atoms with Gasteiger partial charge >= 0.3 is 0 Å². The molecule has 2 nitrogen and oxygen atoms in total. The number of nitrogens with zero attached hydrogens (tertiary/aromatic N) is 2. The Kier molecular flexibility index (Phi) is 2.99. The summed E-state index contributed by atoms with van der Waals surface area (Å²) in [4.78, 5) is 4.37. The quantitative estimate of drug-likeness (QED) is 0.662. The van der Waals surface area contributed by atoms with Gasteiger partial charge < -0.3 is 0 Å². The number of rotatable bonds is 1. The smallest absolute Gasteiger partial charge is 0.260 e. The molecule has 0 N–H and O–H groups in total. The molecule has 2 fully saturated rings. The fourth-order valence-corrected chi connectivity index (χ4v) is 2.62. The van der Waals surface area contributed by atoms with Crippen molar-refractivity contribution in [2.24, 2.45) is 0 Å². The highest BCUT2D eigenvalue weighted by Crippen LogP contribution is 2.32. The Morgan fingerprint density at radius 3 is 2.67 bits per heavy atom. The second-order valence-corrected chi connectivity index (χ2v) is 5.11. The Labute approximate surface area is 90.2 Å². The summed E-state index contributed by atoms with van der Waals surface area (Å²) in [7, 11) is 0. The van der Waals surface area contributed by atoms with Gasteiger partial charge in [-0.3, -0.25) is 9.80 Å². The summed E-state index contributed by atoms with van der Waals surface area (Å²) in [5.41, 5.74) is 0. The lowest BCUT2D eigenvalue weighted by Crippen LogP contribution is -2.59. The molecule has 2 heterocycles. The lowest BCUT2D eigenvalue weighted by Gasteiger charge is -2.47. The van der Waals surface area contributed by atoms with Crippen LogP contribution in [0.5, 0.6) is 0 Å². The molecular weight excluding hydrogens is 198 g/mol. The minimum Gasteiger partial charge on any atom is -0.298 e. The average Bonchev–Trinajstić information content (AvgIpc) is 2.15. The van der Waals surface area contributed by atoms with Crippen LogP contribution in [0.1, 0.15) is 26.7 Å². The summed E-state index contributed by atoms with van der Waals surface area (Å²) in [6.45, 7) is 7.03. The third kappa shape index (κ3) is 2.48. The van der Waals surface area contributed by atoms with Crippen molar-refractivity contribution in [1.29, 1.82) is 0 Å². The van der Waals surface area contributed by atoms with Crippen molar-refractivity contribution in [3.63, 3.8) is 0 Å². The van der Waals surface area contributed by atoms with Crippen LogP contribution < -0.4 is 0 Å². The van der Waals surface area contributed by atoms with Gasteiger partial charge in [0.2, 0.25) is 0 Å². The Morgan fingerprint density at radius 1 is 1.27 bits per heavy atom. The third-order valence-electron chi connectivity index (χ3n) is 3.64. The van der Waals surface area contributed by atoms with Gasteiger partial charge in [0, 0.05) is 38.1 Å². The highest BCUT2D eigenvalue weighted by Gasteiger charge is 2.42. The van der Waals surface area contributed by atoms with Crippen molar-refractivity contribution in [3.05, 3.63) is 0 Å². The Bertz CT molecular complexity index is 231. The summed E-state index contributed by atoms with van der Waals surface area (Å²) in [6, 6.07) is 0.898. The number of piperazine rings is 1. The van der Waals surface area contributed by atoms with Gasteiger partial charge in [0.05, 0.1) is 6.54 Å². The van der Waals surface area contributed by atoms with Crippen molar-refractivity contribution < 1.29 is 8.78 Å². The van der Waals surface area contributed by atoms with E-state index in [4.69, 9.17) is 0 Å². The van der Waals surface area contributed by atoms with Gasteiger partial charge in [-0.15, -0.1) is 0 Å². The first kappa shape index (κ1) is 11.3. The van der Waals surface area contributed by atoms with E-state index in [2.05, 4.69) is 18.7 Å². The number of alkyl halides is 2. The van der Waals surface area contributed by atoms with Gasteiger partial charge in [0.25, 0.3) is 5.92 Å². The normalized spacial score (nSPS) is 33.0. The van der Waals surface area contributed by atoms with Gasteiger partial charge in [-0.1, -0.05) is 0 Å². The van der Waals surface area contributed by atoms with Crippen LogP contribution in [0.15, 0.2) is 0 Å². The second-order valence-electron chi connectivity index (χ2n) is 5.11. The number of halogens is 2. The van der Waals surface area contributed by atoms with Crippen LogP contribution in [0, 0.1) is 0 Å². The molecule has 0 bridgehead atoms. The zero-order chi connectivity index (χ0) is 11.1. The highest BCUT2D eigenvalue weighted by molar-refractivity contribution is 4.91. The SMILES string of the molecule is CC(C)N1CCN2CC(F)(F)CC[C@H]2C1. The molecule has 1 atom stereocenters. The van der Waals surface area contributed by atoms with Crippen molar-refractivity contribution in [3.8, 4) is 0 Å². The highest BCUT2D eigenvalue weighted by atomic mass is 19.3. The molecular formula is C11H20F2N2. The molecule has 2 rings (SSSR count). The summed E-state index contributed by atoms with van der Waals surface area (Å²) in [5, 5.41) is 0. The fourth-order valence-electron chi connectivity index (χ4n) is 2.62. The first-order valence-corrected chi connectivity index (χ1v) is 5.84. The van der Waals surface area contributed by atoms with E-state index in [1.807, 2.05) is 4.90 Å². The zero-order valence-electron chi connectivity index (χ0n) is 9.55. The van der Waals surface area contributed by atoms with E-state index in [9.17, 15) is 8.78 Å². The molecule has 2 aliphatic heterocycles. The van der Waals surface area contributed by atoms with Crippen LogP contribution in [0.2, 0.25) is 0 Å². The van der Waals surface area contributed by atoms with E-state index in [0.717, 1.165) is 19.6 Å². The van der Waals surface area contributed by atoms with Crippen LogP contribution in [-0.4, -0.2) is 54.0 Å². The standard InChI is InChI=1S/C11H20F2N2/c1-9(2)14-5-6-15-8-11(12,13)4-3-10(15)7-14/h9-10H,3-8H2,1-2H3/t10-/m0/s1. The average molecular weight is 218 g/mol. The zero-order valence-corrected chi connectivity index (χ0v) is 9.55. The molecule has 0 amide bonds. The molecule has 0 aromatic rings. The molecule has 15 heavy (non-hydrogen) atoms. The van der Waals surface area contributed by atoms with Gasteiger partial charge in [-0.25, -0.2) is 8.78 Å². The first-order valence-electron chi connectivity index (χ1n) is 5.84. The molecule has 0 saturated carbocycles. The Morgan fingerprint density at radius 2 is 2.00 bits per heavy atom. The van der Waals surface area contributed by atoms with E-state index in [0.29, 0.717) is 18.5 Å². The van der Waals surface area contributed by atoms with E-state index in [-0.39, 0.29) is 13.0 Å².